The van der Waals surface area contributed by atoms with Crippen LogP contribution in [0.4, 0.5) is 10.1 Å². The summed E-state index contributed by atoms with van der Waals surface area (Å²) in [7, 11) is -3.95. The lowest BCUT2D eigenvalue weighted by atomic mass is 10.2. The number of hydrogen-bond donors (Lipinski definition) is 2. The van der Waals surface area contributed by atoms with Gasteiger partial charge >= 0.3 is 0 Å². The van der Waals surface area contributed by atoms with Gasteiger partial charge in [-0.05, 0) is 31.0 Å². The number of anilines is 1. The average molecular weight is 302 g/mol. The average Bonchev–Trinajstić information content (AvgIpc) is 2.88. The van der Waals surface area contributed by atoms with Crippen LogP contribution >= 0.6 is 0 Å². The van der Waals surface area contributed by atoms with Crippen LogP contribution in [0.25, 0.3) is 0 Å². The second-order valence-corrected chi connectivity index (χ2v) is 6.83. The van der Waals surface area contributed by atoms with Crippen molar-refractivity contribution in [3.63, 3.8) is 0 Å². The molecular formula is C13H19FN2O3S. The Morgan fingerprint density at radius 2 is 2.00 bits per heavy atom. The zero-order chi connectivity index (χ0) is 14.8. The maximum absolute atomic E-state index is 13.9. The maximum Gasteiger partial charge on any atom is 0.246 e. The van der Waals surface area contributed by atoms with E-state index in [1.54, 1.807) is 0 Å². The van der Waals surface area contributed by atoms with Gasteiger partial charge in [-0.15, -0.1) is 0 Å². The topological polar surface area (TPSA) is 83.6 Å². The molecule has 1 aromatic carbocycles. The van der Waals surface area contributed by atoms with E-state index in [9.17, 15) is 12.8 Å². The highest BCUT2D eigenvalue weighted by molar-refractivity contribution is 7.89. The van der Waals surface area contributed by atoms with Gasteiger partial charge in [0.05, 0.1) is 6.61 Å². The number of aliphatic hydroxyl groups excluding tert-OH is 1. The van der Waals surface area contributed by atoms with Crippen molar-refractivity contribution in [2.45, 2.75) is 36.6 Å². The monoisotopic (exact) mass is 302 g/mol. The molecule has 1 aliphatic rings. The van der Waals surface area contributed by atoms with Crippen molar-refractivity contribution in [2.75, 3.05) is 18.9 Å². The van der Waals surface area contributed by atoms with Gasteiger partial charge in [-0.25, -0.2) is 12.8 Å². The Morgan fingerprint density at radius 1 is 1.35 bits per heavy atom. The summed E-state index contributed by atoms with van der Waals surface area (Å²) in [4.78, 5) is -0.382. The van der Waals surface area contributed by atoms with E-state index in [4.69, 9.17) is 10.8 Å². The summed E-state index contributed by atoms with van der Waals surface area (Å²) in [5.74, 6) is -0.856. The predicted octanol–water partition coefficient (Wildman–Crippen LogP) is 1.33. The number of nitrogen functional groups attached to an aromatic ring is 1. The van der Waals surface area contributed by atoms with Gasteiger partial charge in [0, 0.05) is 18.3 Å². The van der Waals surface area contributed by atoms with Crippen molar-refractivity contribution in [2.24, 2.45) is 0 Å². The highest BCUT2D eigenvalue weighted by Crippen LogP contribution is 2.29. The molecule has 1 aliphatic carbocycles. The van der Waals surface area contributed by atoms with Crippen molar-refractivity contribution in [3.05, 3.63) is 24.0 Å². The van der Waals surface area contributed by atoms with Gasteiger partial charge in [0.15, 0.2) is 0 Å². The maximum atomic E-state index is 13.9. The van der Waals surface area contributed by atoms with Crippen LogP contribution in [-0.2, 0) is 10.0 Å². The molecule has 3 N–H and O–H groups in total. The van der Waals surface area contributed by atoms with Crippen LogP contribution in [0.2, 0.25) is 0 Å². The van der Waals surface area contributed by atoms with Gasteiger partial charge in [-0.2, -0.15) is 4.31 Å². The summed E-state index contributed by atoms with van der Waals surface area (Å²) in [6, 6.07) is 3.38. The second-order valence-electron chi connectivity index (χ2n) is 4.97. The summed E-state index contributed by atoms with van der Waals surface area (Å²) in [5, 5.41) is 9.10. The molecule has 0 saturated heterocycles. The highest BCUT2D eigenvalue weighted by atomic mass is 32.2. The van der Waals surface area contributed by atoms with Crippen LogP contribution < -0.4 is 5.73 Å². The first-order valence-corrected chi connectivity index (χ1v) is 8.08. The van der Waals surface area contributed by atoms with Gasteiger partial charge in [0.1, 0.15) is 10.7 Å². The third-order valence-corrected chi connectivity index (χ3v) is 5.58. The SMILES string of the molecule is Nc1ccc(S(=O)(=O)N(CCO)C2CCCC2)c(F)c1. The van der Waals surface area contributed by atoms with Crippen molar-refractivity contribution in [3.8, 4) is 0 Å². The van der Waals surface area contributed by atoms with Gasteiger partial charge < -0.3 is 10.8 Å². The fourth-order valence-electron chi connectivity index (χ4n) is 2.64. The number of nitrogens with zero attached hydrogens (tertiary/aromatic N) is 1. The van der Waals surface area contributed by atoms with Crippen LogP contribution in [0.1, 0.15) is 25.7 Å². The van der Waals surface area contributed by atoms with Crippen LogP contribution in [0.3, 0.4) is 0 Å². The molecule has 0 radical (unpaired) electrons. The summed E-state index contributed by atoms with van der Waals surface area (Å²) in [6.45, 7) is -0.302. The lowest BCUT2D eigenvalue weighted by Crippen LogP contribution is -2.41. The van der Waals surface area contributed by atoms with E-state index in [0.29, 0.717) is 0 Å². The Labute approximate surface area is 118 Å². The quantitative estimate of drug-likeness (QED) is 0.804. The van der Waals surface area contributed by atoms with E-state index in [0.717, 1.165) is 31.7 Å². The first kappa shape index (κ1) is 15.2. The molecule has 0 amide bonds. The number of halogens is 1. The minimum atomic E-state index is -3.95. The van der Waals surface area contributed by atoms with Gasteiger partial charge in [-0.3, -0.25) is 0 Å². The van der Waals surface area contributed by atoms with Crippen LogP contribution in [0, 0.1) is 5.82 Å². The number of aliphatic hydroxyl groups is 1. The minimum Gasteiger partial charge on any atom is -0.399 e. The van der Waals surface area contributed by atoms with Crippen molar-refractivity contribution < 1.29 is 17.9 Å². The first-order chi connectivity index (χ1) is 9.46. The van der Waals surface area contributed by atoms with Gasteiger partial charge in [-0.1, -0.05) is 12.8 Å². The standard InChI is InChI=1S/C13H19FN2O3S/c14-12-9-10(15)5-6-13(12)20(18,19)16(7-8-17)11-3-1-2-4-11/h5-6,9,11,17H,1-4,7-8,15H2. The van der Waals surface area contributed by atoms with E-state index in [1.807, 2.05) is 0 Å². The van der Waals surface area contributed by atoms with E-state index < -0.39 is 15.8 Å². The Balaban J connectivity index is 2.39. The molecular weight excluding hydrogens is 283 g/mol. The zero-order valence-corrected chi connectivity index (χ0v) is 11.9. The zero-order valence-electron chi connectivity index (χ0n) is 11.1. The van der Waals surface area contributed by atoms with Crippen molar-refractivity contribution in [1.82, 2.24) is 4.31 Å². The van der Waals surface area contributed by atoms with E-state index in [2.05, 4.69) is 0 Å². The van der Waals surface area contributed by atoms with Gasteiger partial charge in [0.2, 0.25) is 10.0 Å². The molecule has 112 valence electrons. The van der Waals surface area contributed by atoms with Gasteiger partial charge in [0.25, 0.3) is 0 Å². The molecule has 0 heterocycles. The molecule has 2 rings (SSSR count). The van der Waals surface area contributed by atoms with E-state index >= 15 is 0 Å². The van der Waals surface area contributed by atoms with Crippen molar-refractivity contribution >= 4 is 15.7 Å². The molecule has 0 aromatic heterocycles. The third-order valence-electron chi connectivity index (χ3n) is 3.59. The third kappa shape index (κ3) is 2.94. The smallest absolute Gasteiger partial charge is 0.246 e. The van der Waals surface area contributed by atoms with E-state index in [-0.39, 0.29) is 29.8 Å². The molecule has 1 fully saturated rings. The molecule has 1 aromatic rings. The molecule has 0 atom stereocenters. The van der Waals surface area contributed by atoms with E-state index in [1.165, 1.54) is 16.4 Å². The number of nitrogens with two attached hydrogens (primary N) is 1. The largest absolute Gasteiger partial charge is 0.399 e. The molecule has 0 unspecified atom stereocenters. The molecule has 20 heavy (non-hydrogen) atoms. The molecule has 7 heteroatoms. The predicted molar refractivity (Wildman–Crippen MR) is 74.0 cm³/mol. The van der Waals surface area contributed by atoms with Crippen LogP contribution in [-0.4, -0.2) is 37.0 Å². The molecule has 0 bridgehead atoms. The fraction of sp³-hybridized carbons (Fsp3) is 0.538. The molecule has 0 aliphatic heterocycles. The Kier molecular flexibility index (Phi) is 4.62. The molecule has 0 spiro atoms. The summed E-state index contributed by atoms with van der Waals surface area (Å²) in [6.07, 6.45) is 3.39. The summed E-state index contributed by atoms with van der Waals surface area (Å²) >= 11 is 0. The van der Waals surface area contributed by atoms with Crippen LogP contribution in [0.15, 0.2) is 23.1 Å². The Hall–Kier alpha value is -1.18. The number of sulfonamides is 1. The minimum absolute atomic E-state index is 0.0170. The highest BCUT2D eigenvalue weighted by Gasteiger charge is 2.34. The lowest BCUT2D eigenvalue weighted by Gasteiger charge is -2.27. The summed E-state index contributed by atoms with van der Waals surface area (Å²) < 4.78 is 40.3. The molecule has 5 nitrogen and oxygen atoms in total. The lowest BCUT2D eigenvalue weighted by molar-refractivity contribution is 0.226. The number of rotatable bonds is 5. The van der Waals surface area contributed by atoms with Crippen molar-refractivity contribution in [1.29, 1.82) is 0 Å². The first-order valence-electron chi connectivity index (χ1n) is 6.64. The Bertz CT molecular complexity index is 571. The number of hydrogen-bond acceptors (Lipinski definition) is 4. The fourth-order valence-corrected chi connectivity index (χ4v) is 4.37. The Morgan fingerprint density at radius 3 is 2.55 bits per heavy atom. The van der Waals surface area contributed by atoms with Crippen LogP contribution in [0.5, 0.6) is 0 Å². The summed E-state index contributed by atoms with van der Waals surface area (Å²) in [5.41, 5.74) is 5.62. The normalized spacial score (nSPS) is 16.9. The molecule has 1 saturated carbocycles. The number of benzene rings is 1. The second kappa shape index (κ2) is 6.07.